The van der Waals surface area contributed by atoms with E-state index < -0.39 is 0 Å². The average Bonchev–Trinajstić information content (AvgIpc) is 2.30. The van der Waals surface area contributed by atoms with Gasteiger partial charge in [0.25, 0.3) is 0 Å². The maximum Gasteiger partial charge on any atom is 0.0658 e. The number of halogens is 2. The van der Waals surface area contributed by atoms with Gasteiger partial charge in [0.05, 0.1) is 5.69 Å². The van der Waals surface area contributed by atoms with Gasteiger partial charge in [0.1, 0.15) is 0 Å². The van der Waals surface area contributed by atoms with E-state index in [0.29, 0.717) is 18.0 Å². The van der Waals surface area contributed by atoms with Crippen molar-refractivity contribution in [2.45, 2.75) is 32.9 Å². The highest BCUT2D eigenvalue weighted by Crippen LogP contribution is 2.36. The van der Waals surface area contributed by atoms with Crippen LogP contribution < -0.4 is 10.2 Å². The molecule has 0 saturated carbocycles. The van der Waals surface area contributed by atoms with Gasteiger partial charge in [-0.25, -0.2) is 0 Å². The van der Waals surface area contributed by atoms with Crippen LogP contribution in [0.1, 0.15) is 20.8 Å². The molecule has 0 spiro atoms. The van der Waals surface area contributed by atoms with E-state index in [0.717, 1.165) is 22.0 Å². The Morgan fingerprint density at radius 3 is 2.44 bits per heavy atom. The maximum atomic E-state index is 3.68. The molecular weight excluding hydrogens is 356 g/mol. The molecule has 0 aromatic heterocycles. The number of para-hydroxylation sites is 1. The number of piperazine rings is 1. The van der Waals surface area contributed by atoms with Crippen LogP contribution in [0.15, 0.2) is 27.1 Å². The van der Waals surface area contributed by atoms with Gasteiger partial charge < -0.3 is 10.2 Å². The summed E-state index contributed by atoms with van der Waals surface area (Å²) in [5.74, 6) is 0.654. The number of hydrogen-bond acceptors (Lipinski definition) is 2. The van der Waals surface area contributed by atoms with Crippen molar-refractivity contribution < 1.29 is 0 Å². The first-order chi connectivity index (χ1) is 8.50. The molecule has 2 atom stereocenters. The Morgan fingerprint density at radius 1 is 1.28 bits per heavy atom. The van der Waals surface area contributed by atoms with Crippen LogP contribution in [-0.4, -0.2) is 25.2 Å². The summed E-state index contributed by atoms with van der Waals surface area (Å²) in [6.07, 6.45) is 0. The normalized spacial score (nSPS) is 24.7. The topological polar surface area (TPSA) is 15.3 Å². The van der Waals surface area contributed by atoms with Gasteiger partial charge in [-0.3, -0.25) is 0 Å². The number of benzene rings is 1. The molecule has 100 valence electrons. The molecule has 0 aliphatic carbocycles. The van der Waals surface area contributed by atoms with Crippen molar-refractivity contribution in [2.24, 2.45) is 5.92 Å². The van der Waals surface area contributed by atoms with Gasteiger partial charge >= 0.3 is 0 Å². The lowest BCUT2D eigenvalue weighted by Crippen LogP contribution is -2.57. The highest BCUT2D eigenvalue weighted by Gasteiger charge is 2.28. The van der Waals surface area contributed by atoms with E-state index in [1.807, 2.05) is 0 Å². The fourth-order valence-corrected chi connectivity index (χ4v) is 3.86. The summed E-state index contributed by atoms with van der Waals surface area (Å²) in [7, 11) is 0. The second kappa shape index (κ2) is 5.93. The van der Waals surface area contributed by atoms with Crippen LogP contribution in [0.25, 0.3) is 0 Å². The molecule has 2 nitrogen and oxygen atoms in total. The van der Waals surface area contributed by atoms with Crippen LogP contribution in [0.4, 0.5) is 5.69 Å². The Hall–Kier alpha value is -0.0600. The summed E-state index contributed by atoms with van der Waals surface area (Å²) < 4.78 is 2.32. The first-order valence-electron chi connectivity index (χ1n) is 6.44. The average molecular weight is 376 g/mol. The van der Waals surface area contributed by atoms with Crippen LogP contribution >= 0.6 is 31.9 Å². The number of anilines is 1. The third-order valence-corrected chi connectivity index (χ3v) is 4.91. The summed E-state index contributed by atoms with van der Waals surface area (Å²) in [5, 5.41) is 3.63. The smallest absolute Gasteiger partial charge is 0.0658 e. The van der Waals surface area contributed by atoms with Crippen molar-refractivity contribution in [1.29, 1.82) is 0 Å². The molecule has 4 heteroatoms. The van der Waals surface area contributed by atoms with Crippen molar-refractivity contribution >= 4 is 37.5 Å². The van der Waals surface area contributed by atoms with Crippen molar-refractivity contribution in [2.75, 3.05) is 18.0 Å². The maximum absolute atomic E-state index is 3.68. The minimum atomic E-state index is 0.509. The quantitative estimate of drug-likeness (QED) is 0.839. The van der Waals surface area contributed by atoms with Crippen LogP contribution in [0.3, 0.4) is 0 Å². The molecule has 1 saturated heterocycles. The summed E-state index contributed by atoms with van der Waals surface area (Å²) in [4.78, 5) is 2.50. The second-order valence-electron chi connectivity index (χ2n) is 5.33. The van der Waals surface area contributed by atoms with E-state index in [9.17, 15) is 0 Å². The molecule has 2 unspecified atom stereocenters. The Bertz CT molecular complexity index is 400. The highest BCUT2D eigenvalue weighted by atomic mass is 79.9. The molecule has 0 amide bonds. The van der Waals surface area contributed by atoms with Crippen LogP contribution in [0.2, 0.25) is 0 Å². The van der Waals surface area contributed by atoms with E-state index in [-0.39, 0.29) is 0 Å². The molecule has 0 bridgehead atoms. The summed E-state index contributed by atoms with van der Waals surface area (Å²) in [6, 6.07) is 7.35. The number of nitrogens with one attached hydrogen (secondary N) is 1. The van der Waals surface area contributed by atoms with Crippen molar-refractivity contribution in [3.63, 3.8) is 0 Å². The van der Waals surface area contributed by atoms with Crippen LogP contribution in [0.5, 0.6) is 0 Å². The van der Waals surface area contributed by atoms with E-state index in [2.05, 4.69) is 81.0 Å². The standard InChI is InChI=1S/C14H20Br2N2/c1-9(2)13-8-18(10(3)7-17-13)14-11(15)5-4-6-12(14)16/h4-6,9-10,13,17H,7-8H2,1-3H3. The summed E-state index contributed by atoms with van der Waals surface area (Å²) >= 11 is 7.35. The molecular formula is C14H20Br2N2. The molecule has 18 heavy (non-hydrogen) atoms. The molecule has 1 heterocycles. The molecule has 1 fully saturated rings. The highest BCUT2D eigenvalue weighted by molar-refractivity contribution is 9.11. The lowest BCUT2D eigenvalue weighted by atomic mass is 9.99. The molecule has 1 N–H and O–H groups in total. The molecule has 2 rings (SSSR count). The third kappa shape index (κ3) is 2.91. The SMILES string of the molecule is CC(C)C1CN(c2c(Br)cccc2Br)C(C)CN1. The Kier molecular flexibility index (Phi) is 4.73. The lowest BCUT2D eigenvalue weighted by molar-refractivity contribution is 0.336. The molecule has 1 aromatic carbocycles. The summed E-state index contributed by atoms with van der Waals surface area (Å²) in [5.41, 5.74) is 1.28. The molecule has 1 aliphatic rings. The third-order valence-electron chi connectivity index (χ3n) is 3.63. The van der Waals surface area contributed by atoms with E-state index in [1.165, 1.54) is 5.69 Å². The zero-order chi connectivity index (χ0) is 13.3. The zero-order valence-electron chi connectivity index (χ0n) is 11.1. The predicted molar refractivity (Wildman–Crippen MR) is 85.3 cm³/mol. The monoisotopic (exact) mass is 374 g/mol. The Morgan fingerprint density at radius 2 is 1.89 bits per heavy atom. The minimum absolute atomic E-state index is 0.509. The zero-order valence-corrected chi connectivity index (χ0v) is 14.3. The van der Waals surface area contributed by atoms with E-state index >= 15 is 0 Å². The van der Waals surface area contributed by atoms with Gasteiger partial charge in [0, 0.05) is 34.1 Å². The van der Waals surface area contributed by atoms with Crippen molar-refractivity contribution in [1.82, 2.24) is 5.32 Å². The van der Waals surface area contributed by atoms with Crippen molar-refractivity contribution in [3.8, 4) is 0 Å². The fraction of sp³-hybridized carbons (Fsp3) is 0.571. The molecule has 0 radical (unpaired) electrons. The van der Waals surface area contributed by atoms with Gasteiger partial charge in [-0.05, 0) is 56.8 Å². The predicted octanol–water partition coefficient (Wildman–Crippen LogP) is 4.03. The molecule has 1 aliphatic heterocycles. The van der Waals surface area contributed by atoms with Gasteiger partial charge in [-0.2, -0.15) is 0 Å². The first-order valence-corrected chi connectivity index (χ1v) is 8.03. The van der Waals surface area contributed by atoms with Gasteiger partial charge in [-0.15, -0.1) is 0 Å². The Balaban J connectivity index is 2.30. The van der Waals surface area contributed by atoms with E-state index in [1.54, 1.807) is 0 Å². The number of hydrogen-bond donors (Lipinski definition) is 1. The van der Waals surface area contributed by atoms with Gasteiger partial charge in [0.2, 0.25) is 0 Å². The van der Waals surface area contributed by atoms with Gasteiger partial charge in [0.15, 0.2) is 0 Å². The van der Waals surface area contributed by atoms with Gasteiger partial charge in [-0.1, -0.05) is 19.9 Å². The second-order valence-corrected chi connectivity index (χ2v) is 7.04. The summed E-state index contributed by atoms with van der Waals surface area (Å²) in [6.45, 7) is 8.92. The van der Waals surface area contributed by atoms with Crippen LogP contribution in [-0.2, 0) is 0 Å². The van der Waals surface area contributed by atoms with Crippen molar-refractivity contribution in [3.05, 3.63) is 27.1 Å². The minimum Gasteiger partial charge on any atom is -0.364 e. The largest absolute Gasteiger partial charge is 0.364 e. The van der Waals surface area contributed by atoms with Crippen LogP contribution in [0, 0.1) is 5.92 Å². The first kappa shape index (κ1) is 14.4. The lowest BCUT2D eigenvalue weighted by Gasteiger charge is -2.42. The number of nitrogens with zero attached hydrogens (tertiary/aromatic N) is 1. The molecule has 1 aromatic rings. The fourth-order valence-electron chi connectivity index (χ4n) is 2.41. The Labute approximate surface area is 126 Å². The number of rotatable bonds is 2. The van der Waals surface area contributed by atoms with E-state index in [4.69, 9.17) is 0 Å².